The Hall–Kier alpha value is -3.55. The van der Waals surface area contributed by atoms with Crippen molar-refractivity contribution in [3.05, 3.63) is 64.5 Å². The highest BCUT2D eigenvalue weighted by Gasteiger charge is 2.19. The van der Waals surface area contributed by atoms with E-state index in [1.165, 1.54) is 42.9 Å². The third kappa shape index (κ3) is 2.77. The van der Waals surface area contributed by atoms with Crippen LogP contribution in [0.1, 0.15) is 21.0 Å². The molecule has 0 unspecified atom stereocenters. The summed E-state index contributed by atoms with van der Waals surface area (Å²) in [5.74, 6) is -2.10. The number of carboxylic acid groups (broad SMARTS) is 1. The van der Waals surface area contributed by atoms with Crippen LogP contribution in [0.2, 0.25) is 0 Å². The molecular weight excluding hydrogens is 302 g/mol. The highest BCUT2D eigenvalue weighted by Crippen LogP contribution is 2.17. The molecule has 114 valence electrons. The van der Waals surface area contributed by atoms with E-state index in [2.05, 4.69) is 15.3 Å². The Morgan fingerprint density at radius 3 is 2.57 bits per heavy atom. The molecule has 1 aromatic carbocycles. The molecule has 0 spiro atoms. The van der Waals surface area contributed by atoms with Crippen LogP contribution in [0.4, 0.5) is 5.69 Å². The quantitative estimate of drug-likeness (QED) is 0.752. The Morgan fingerprint density at radius 2 is 1.83 bits per heavy atom. The molecule has 2 heterocycles. The Labute approximate surface area is 128 Å². The van der Waals surface area contributed by atoms with E-state index in [4.69, 9.17) is 9.52 Å². The smallest absolute Gasteiger partial charge is 0.356 e. The zero-order valence-corrected chi connectivity index (χ0v) is 11.5. The van der Waals surface area contributed by atoms with Crippen LogP contribution in [0.3, 0.4) is 0 Å². The first kappa shape index (κ1) is 14.4. The lowest BCUT2D eigenvalue weighted by Crippen LogP contribution is -2.19. The minimum Gasteiger partial charge on any atom is -0.476 e. The molecule has 0 saturated heterocycles. The van der Waals surface area contributed by atoms with E-state index >= 15 is 0 Å². The molecule has 8 heteroatoms. The molecule has 8 nitrogen and oxygen atoms in total. The molecule has 1 amide bonds. The minimum atomic E-state index is -1.36. The number of aromatic nitrogens is 2. The van der Waals surface area contributed by atoms with Crippen molar-refractivity contribution in [2.24, 2.45) is 0 Å². The molecule has 0 fully saturated rings. The van der Waals surface area contributed by atoms with E-state index in [0.29, 0.717) is 16.7 Å². The molecule has 3 aromatic rings. The fourth-order valence-electron chi connectivity index (χ4n) is 2.01. The number of fused-ring (bicyclic) bond motifs is 1. The predicted molar refractivity (Wildman–Crippen MR) is 79.4 cm³/mol. The molecule has 0 aliphatic heterocycles. The first-order valence-electron chi connectivity index (χ1n) is 6.43. The van der Waals surface area contributed by atoms with Crippen molar-refractivity contribution in [2.75, 3.05) is 5.32 Å². The Balaban J connectivity index is 1.96. The van der Waals surface area contributed by atoms with Gasteiger partial charge in [0.2, 0.25) is 0 Å². The number of rotatable bonds is 3. The number of carbonyl (C=O) groups is 2. The maximum atomic E-state index is 12.2. The number of carbonyl (C=O) groups excluding carboxylic acids is 1. The van der Waals surface area contributed by atoms with E-state index < -0.39 is 17.6 Å². The molecule has 0 aliphatic carbocycles. The first-order valence-corrected chi connectivity index (χ1v) is 6.43. The third-order valence-electron chi connectivity index (χ3n) is 3.03. The standard InChI is InChI=1S/C15H9N3O5/c19-10-3-6-23-11-2-1-8(7-9(10)11)18-14(20)12-13(15(21)22)17-5-4-16-12/h1-7H,(H,18,20)(H,21,22). The summed E-state index contributed by atoms with van der Waals surface area (Å²) < 4.78 is 5.17. The summed E-state index contributed by atoms with van der Waals surface area (Å²) in [7, 11) is 0. The van der Waals surface area contributed by atoms with Crippen molar-refractivity contribution in [3.63, 3.8) is 0 Å². The van der Waals surface area contributed by atoms with Gasteiger partial charge in [-0.3, -0.25) is 9.59 Å². The van der Waals surface area contributed by atoms with Gasteiger partial charge < -0.3 is 14.8 Å². The monoisotopic (exact) mass is 311 g/mol. The van der Waals surface area contributed by atoms with Gasteiger partial charge >= 0.3 is 5.97 Å². The number of carboxylic acids is 1. The Kier molecular flexibility index (Phi) is 3.55. The summed E-state index contributed by atoms with van der Waals surface area (Å²) in [5.41, 5.74) is -0.345. The summed E-state index contributed by atoms with van der Waals surface area (Å²) in [4.78, 5) is 42.4. The van der Waals surface area contributed by atoms with Crippen LogP contribution in [-0.2, 0) is 0 Å². The van der Waals surface area contributed by atoms with Crippen molar-refractivity contribution in [1.82, 2.24) is 9.97 Å². The van der Waals surface area contributed by atoms with Crippen LogP contribution < -0.4 is 10.7 Å². The fraction of sp³-hybridized carbons (Fsp3) is 0. The van der Waals surface area contributed by atoms with Gasteiger partial charge in [0.05, 0.1) is 11.6 Å². The highest BCUT2D eigenvalue weighted by atomic mass is 16.4. The molecule has 2 N–H and O–H groups in total. The van der Waals surface area contributed by atoms with Crippen LogP contribution >= 0.6 is 0 Å². The zero-order chi connectivity index (χ0) is 16.4. The summed E-state index contributed by atoms with van der Waals surface area (Å²) in [6.07, 6.45) is 3.68. The first-order chi connectivity index (χ1) is 11.1. The van der Waals surface area contributed by atoms with Crippen molar-refractivity contribution in [3.8, 4) is 0 Å². The second kappa shape index (κ2) is 5.68. The molecule has 3 rings (SSSR count). The molecule has 0 bridgehead atoms. The van der Waals surface area contributed by atoms with Gasteiger partial charge in [-0.2, -0.15) is 0 Å². The number of nitrogens with one attached hydrogen (secondary N) is 1. The van der Waals surface area contributed by atoms with E-state index in [0.717, 1.165) is 0 Å². The average molecular weight is 311 g/mol. The van der Waals surface area contributed by atoms with Gasteiger partial charge in [-0.25, -0.2) is 14.8 Å². The highest BCUT2D eigenvalue weighted by molar-refractivity contribution is 6.08. The van der Waals surface area contributed by atoms with Crippen molar-refractivity contribution >= 4 is 28.5 Å². The largest absolute Gasteiger partial charge is 0.476 e. The van der Waals surface area contributed by atoms with Gasteiger partial charge in [0, 0.05) is 24.1 Å². The topological polar surface area (TPSA) is 122 Å². The van der Waals surface area contributed by atoms with Crippen LogP contribution in [0.5, 0.6) is 0 Å². The Bertz CT molecular complexity index is 980. The normalized spacial score (nSPS) is 10.4. The third-order valence-corrected chi connectivity index (χ3v) is 3.03. The molecule has 0 aliphatic rings. The lowest BCUT2D eigenvalue weighted by atomic mass is 10.2. The summed E-state index contributed by atoms with van der Waals surface area (Å²) >= 11 is 0. The van der Waals surface area contributed by atoms with Gasteiger partial charge in [0.1, 0.15) is 5.58 Å². The summed E-state index contributed by atoms with van der Waals surface area (Å²) in [6, 6.07) is 5.76. The molecule has 0 saturated carbocycles. The van der Waals surface area contributed by atoms with E-state index in [1.807, 2.05) is 0 Å². The van der Waals surface area contributed by atoms with E-state index in [-0.39, 0.29) is 11.1 Å². The lowest BCUT2D eigenvalue weighted by Gasteiger charge is -2.06. The van der Waals surface area contributed by atoms with Gasteiger partial charge in [-0.05, 0) is 18.2 Å². The maximum absolute atomic E-state index is 12.2. The zero-order valence-electron chi connectivity index (χ0n) is 11.5. The van der Waals surface area contributed by atoms with Gasteiger partial charge in [0.15, 0.2) is 16.8 Å². The van der Waals surface area contributed by atoms with Crippen LogP contribution in [0.15, 0.2) is 52.1 Å². The summed E-state index contributed by atoms with van der Waals surface area (Å²) in [6.45, 7) is 0. The maximum Gasteiger partial charge on any atom is 0.356 e. The van der Waals surface area contributed by atoms with Crippen molar-refractivity contribution in [1.29, 1.82) is 0 Å². The van der Waals surface area contributed by atoms with E-state index in [9.17, 15) is 14.4 Å². The van der Waals surface area contributed by atoms with Crippen LogP contribution in [0, 0.1) is 0 Å². The lowest BCUT2D eigenvalue weighted by molar-refractivity contribution is 0.0685. The second-order valence-electron chi connectivity index (χ2n) is 4.51. The van der Waals surface area contributed by atoms with Crippen LogP contribution in [-0.4, -0.2) is 27.0 Å². The molecule has 23 heavy (non-hydrogen) atoms. The van der Waals surface area contributed by atoms with E-state index in [1.54, 1.807) is 0 Å². The number of amides is 1. The molecule has 0 radical (unpaired) electrons. The number of anilines is 1. The number of hydrogen-bond donors (Lipinski definition) is 2. The number of nitrogens with zero attached hydrogens (tertiary/aromatic N) is 2. The van der Waals surface area contributed by atoms with Crippen molar-refractivity contribution in [2.45, 2.75) is 0 Å². The van der Waals surface area contributed by atoms with Gasteiger partial charge in [-0.15, -0.1) is 0 Å². The summed E-state index contributed by atoms with van der Waals surface area (Å²) in [5, 5.41) is 11.8. The van der Waals surface area contributed by atoms with Crippen LogP contribution in [0.25, 0.3) is 11.0 Å². The molecule has 2 aromatic heterocycles. The minimum absolute atomic E-state index is 0.256. The molecule has 0 atom stereocenters. The number of hydrogen-bond acceptors (Lipinski definition) is 6. The fourth-order valence-corrected chi connectivity index (χ4v) is 2.01. The molecular formula is C15H9N3O5. The predicted octanol–water partition coefficient (Wildman–Crippen LogP) is 1.53. The van der Waals surface area contributed by atoms with Gasteiger partial charge in [-0.1, -0.05) is 0 Å². The van der Waals surface area contributed by atoms with Crippen molar-refractivity contribution < 1.29 is 19.1 Å². The SMILES string of the molecule is O=C(O)c1nccnc1C(=O)Nc1ccc2occc(=O)c2c1. The number of aromatic carboxylic acids is 1. The Morgan fingerprint density at radius 1 is 1.09 bits per heavy atom. The number of benzene rings is 1. The van der Waals surface area contributed by atoms with Gasteiger partial charge in [0.25, 0.3) is 5.91 Å². The average Bonchev–Trinajstić information content (AvgIpc) is 2.55. The second-order valence-corrected chi connectivity index (χ2v) is 4.51.